The molecule has 0 aliphatic heterocycles. The van der Waals surface area contributed by atoms with E-state index in [0.29, 0.717) is 0 Å². The molecule has 2 heteroatoms. The number of unbranched alkanes of at least 4 members (excludes halogenated alkanes) is 2. The molecule has 0 saturated heterocycles. The summed E-state index contributed by atoms with van der Waals surface area (Å²) in [5, 5.41) is 0. The molecule has 0 aromatic carbocycles. The fourth-order valence-corrected chi connectivity index (χ4v) is 4.61. The number of hydrogen-bond donors (Lipinski definition) is 0. The monoisotopic (exact) mass is 283 g/mol. The van der Waals surface area contributed by atoms with Gasteiger partial charge >= 0.3 is 0 Å². The standard InChI is InChI=1S/C17H37NSi/c1-6-9-13-18(14-10-7-2)15-12-17-19(4,5)16-11-8-3/h8,11H,6-7,9-10,12-17H2,1-5H3/b11-8+. The van der Waals surface area contributed by atoms with Gasteiger partial charge in [0, 0.05) is 0 Å². The van der Waals surface area contributed by atoms with E-state index in [4.69, 9.17) is 0 Å². The summed E-state index contributed by atoms with van der Waals surface area (Å²) in [6.45, 7) is 15.8. The molecule has 0 N–H and O–H groups in total. The van der Waals surface area contributed by atoms with Gasteiger partial charge in [-0.15, -0.1) is 0 Å². The van der Waals surface area contributed by atoms with E-state index in [1.165, 1.54) is 63.8 Å². The van der Waals surface area contributed by atoms with E-state index in [-0.39, 0.29) is 0 Å². The lowest BCUT2D eigenvalue weighted by molar-refractivity contribution is 0.265. The van der Waals surface area contributed by atoms with Crippen molar-refractivity contribution < 1.29 is 0 Å². The molecule has 0 atom stereocenters. The average molecular weight is 284 g/mol. The quantitative estimate of drug-likeness (QED) is 0.334. The Balaban J connectivity index is 3.94. The summed E-state index contributed by atoms with van der Waals surface area (Å²) in [5.74, 6) is 0. The lowest BCUT2D eigenvalue weighted by Crippen LogP contribution is -2.30. The lowest BCUT2D eigenvalue weighted by Gasteiger charge is -2.25. The van der Waals surface area contributed by atoms with Crippen LogP contribution in [0.15, 0.2) is 12.2 Å². The molecule has 0 aliphatic rings. The van der Waals surface area contributed by atoms with Crippen LogP contribution in [-0.2, 0) is 0 Å². The Hall–Kier alpha value is -0.0831. The maximum Gasteiger partial charge on any atom is 0.0511 e. The average Bonchev–Trinajstić information content (AvgIpc) is 2.39. The summed E-state index contributed by atoms with van der Waals surface area (Å²) in [5.41, 5.74) is 0. The first-order valence-corrected chi connectivity index (χ1v) is 11.8. The van der Waals surface area contributed by atoms with Gasteiger partial charge in [0.1, 0.15) is 0 Å². The van der Waals surface area contributed by atoms with E-state index in [0.717, 1.165) is 0 Å². The highest BCUT2D eigenvalue weighted by Gasteiger charge is 2.18. The second kappa shape index (κ2) is 11.7. The maximum absolute atomic E-state index is 2.70. The Morgan fingerprint density at radius 2 is 1.42 bits per heavy atom. The van der Waals surface area contributed by atoms with Crippen LogP contribution in [0, 0.1) is 0 Å². The molecule has 0 aromatic heterocycles. The third-order valence-corrected chi connectivity index (χ3v) is 6.94. The molecule has 0 spiro atoms. The van der Waals surface area contributed by atoms with Crippen LogP contribution in [0.1, 0.15) is 52.9 Å². The topological polar surface area (TPSA) is 3.24 Å². The molecule has 1 nitrogen and oxygen atoms in total. The van der Waals surface area contributed by atoms with Crippen LogP contribution < -0.4 is 0 Å². The van der Waals surface area contributed by atoms with Gasteiger partial charge in [-0.1, -0.05) is 58.0 Å². The molecule has 0 rings (SSSR count). The largest absolute Gasteiger partial charge is 0.303 e. The molecule has 19 heavy (non-hydrogen) atoms. The van der Waals surface area contributed by atoms with E-state index in [9.17, 15) is 0 Å². The van der Waals surface area contributed by atoms with Crippen molar-refractivity contribution in [2.75, 3.05) is 19.6 Å². The fraction of sp³-hybridized carbons (Fsp3) is 0.882. The first-order chi connectivity index (χ1) is 9.05. The summed E-state index contributed by atoms with van der Waals surface area (Å²) in [4.78, 5) is 2.70. The smallest absolute Gasteiger partial charge is 0.0511 e. The van der Waals surface area contributed by atoms with Gasteiger partial charge in [0.2, 0.25) is 0 Å². The Bertz CT molecular complexity index is 215. The Morgan fingerprint density at radius 1 is 0.895 bits per heavy atom. The first-order valence-electron chi connectivity index (χ1n) is 8.39. The van der Waals surface area contributed by atoms with Crippen molar-refractivity contribution in [1.82, 2.24) is 4.90 Å². The second-order valence-corrected chi connectivity index (χ2v) is 11.8. The van der Waals surface area contributed by atoms with Gasteiger partial charge in [-0.25, -0.2) is 0 Å². The molecule has 0 aromatic rings. The zero-order chi connectivity index (χ0) is 14.6. The molecular formula is C17H37NSi. The highest BCUT2D eigenvalue weighted by atomic mass is 28.3. The molecule has 0 radical (unpaired) electrons. The summed E-state index contributed by atoms with van der Waals surface area (Å²) in [6, 6.07) is 2.83. The van der Waals surface area contributed by atoms with Crippen LogP contribution in [-0.4, -0.2) is 32.6 Å². The van der Waals surface area contributed by atoms with Crippen molar-refractivity contribution in [2.45, 2.75) is 78.1 Å². The van der Waals surface area contributed by atoms with E-state index < -0.39 is 8.07 Å². The molecule has 114 valence electrons. The molecular weight excluding hydrogens is 246 g/mol. The third kappa shape index (κ3) is 11.4. The van der Waals surface area contributed by atoms with Gasteiger partial charge in [-0.2, -0.15) is 0 Å². The fourth-order valence-electron chi connectivity index (χ4n) is 2.42. The predicted octanol–water partition coefficient (Wildman–Crippen LogP) is 5.56. The minimum atomic E-state index is -0.967. The Morgan fingerprint density at radius 3 is 1.89 bits per heavy atom. The summed E-state index contributed by atoms with van der Waals surface area (Å²) in [6.07, 6.45) is 11.4. The minimum Gasteiger partial charge on any atom is -0.303 e. The van der Waals surface area contributed by atoms with Crippen molar-refractivity contribution >= 4 is 8.07 Å². The molecule has 0 aliphatic carbocycles. The van der Waals surface area contributed by atoms with Crippen molar-refractivity contribution in [1.29, 1.82) is 0 Å². The summed E-state index contributed by atoms with van der Waals surface area (Å²) < 4.78 is 0. The Labute approximate surface area is 123 Å². The van der Waals surface area contributed by atoms with Gasteiger partial charge in [0.05, 0.1) is 8.07 Å². The third-order valence-electron chi connectivity index (χ3n) is 3.89. The lowest BCUT2D eigenvalue weighted by atomic mass is 10.2. The molecule has 0 heterocycles. The van der Waals surface area contributed by atoms with E-state index in [2.05, 4.69) is 50.9 Å². The van der Waals surface area contributed by atoms with Crippen molar-refractivity contribution in [3.63, 3.8) is 0 Å². The van der Waals surface area contributed by atoms with Gasteiger partial charge in [0.25, 0.3) is 0 Å². The van der Waals surface area contributed by atoms with E-state index >= 15 is 0 Å². The molecule has 0 saturated carbocycles. The highest BCUT2D eigenvalue weighted by Crippen LogP contribution is 2.18. The number of nitrogens with zero attached hydrogens (tertiary/aromatic N) is 1. The van der Waals surface area contributed by atoms with E-state index in [1.54, 1.807) is 0 Å². The minimum absolute atomic E-state index is 0.967. The van der Waals surface area contributed by atoms with E-state index in [1.807, 2.05) is 0 Å². The molecule has 0 bridgehead atoms. The Kier molecular flexibility index (Phi) is 11.7. The van der Waals surface area contributed by atoms with Gasteiger partial charge < -0.3 is 4.90 Å². The predicted molar refractivity (Wildman–Crippen MR) is 92.8 cm³/mol. The summed E-state index contributed by atoms with van der Waals surface area (Å²) >= 11 is 0. The van der Waals surface area contributed by atoms with Gasteiger partial charge in [-0.05, 0) is 51.9 Å². The van der Waals surface area contributed by atoms with Crippen LogP contribution in [0.2, 0.25) is 25.2 Å². The maximum atomic E-state index is 2.70. The van der Waals surface area contributed by atoms with Crippen LogP contribution in [0.25, 0.3) is 0 Å². The number of hydrogen-bond acceptors (Lipinski definition) is 1. The van der Waals surface area contributed by atoms with Gasteiger partial charge in [0.15, 0.2) is 0 Å². The number of allylic oxidation sites excluding steroid dienone is 2. The van der Waals surface area contributed by atoms with Crippen LogP contribution in [0.5, 0.6) is 0 Å². The summed E-state index contributed by atoms with van der Waals surface area (Å²) in [7, 11) is -0.967. The zero-order valence-corrected chi connectivity index (χ0v) is 15.2. The first kappa shape index (κ1) is 18.9. The zero-order valence-electron chi connectivity index (χ0n) is 14.2. The molecule has 0 amide bonds. The van der Waals surface area contributed by atoms with Crippen molar-refractivity contribution in [2.24, 2.45) is 0 Å². The van der Waals surface area contributed by atoms with Crippen molar-refractivity contribution in [3.05, 3.63) is 12.2 Å². The van der Waals surface area contributed by atoms with Gasteiger partial charge in [-0.3, -0.25) is 0 Å². The molecule has 0 fully saturated rings. The second-order valence-electron chi connectivity index (χ2n) is 6.59. The van der Waals surface area contributed by atoms with Crippen LogP contribution in [0.3, 0.4) is 0 Å². The van der Waals surface area contributed by atoms with Crippen LogP contribution >= 0.6 is 0 Å². The van der Waals surface area contributed by atoms with Crippen LogP contribution in [0.4, 0.5) is 0 Å². The van der Waals surface area contributed by atoms with Crippen molar-refractivity contribution in [3.8, 4) is 0 Å². The highest BCUT2D eigenvalue weighted by molar-refractivity contribution is 6.77. The molecule has 0 unspecified atom stereocenters. The normalized spacial score (nSPS) is 12.7. The SMILES string of the molecule is C/C=C/C[Si](C)(C)CCCN(CCCC)CCCC. The number of rotatable bonds is 12.